The Balaban J connectivity index is 1.10. The number of hydrogen-bond donors (Lipinski definition) is 0. The van der Waals surface area contributed by atoms with E-state index in [1.165, 1.54) is 83.4 Å². The van der Waals surface area contributed by atoms with Crippen molar-refractivity contribution in [3.8, 4) is 10.5 Å². The van der Waals surface area contributed by atoms with E-state index in [0.29, 0.717) is 32.2 Å². The highest BCUT2D eigenvalue weighted by molar-refractivity contribution is 8.07. The molecule has 0 amide bonds. The molecular formula is C42H58S4. The Morgan fingerprint density at radius 2 is 0.935 bits per heavy atom. The number of thioether (sulfide) groups is 4. The summed E-state index contributed by atoms with van der Waals surface area (Å²) in [6.45, 7) is 24.0. The lowest BCUT2D eigenvalue weighted by molar-refractivity contribution is 0.162. The van der Waals surface area contributed by atoms with Gasteiger partial charge in [0.2, 0.25) is 0 Å². The SMILES string of the molecule is Cc1cc(C)c(CSC[C@]23CC[C@H](C[C@H]2SC#CS[C@@H]2C[C@H]4CC[C@]2(CSCc2c(C)cc(C)cc2C)C4(C)C)C3(C)C)c(C)c1. The normalized spacial score (nSPS) is 31.8. The maximum Gasteiger partial charge on any atom is 0.0243 e. The second kappa shape index (κ2) is 13.3. The molecule has 2 aromatic rings. The molecule has 0 radical (unpaired) electrons. The fourth-order valence-corrected chi connectivity index (χ4v) is 17.4. The zero-order valence-electron chi connectivity index (χ0n) is 30.3. The van der Waals surface area contributed by atoms with Gasteiger partial charge in [-0.05, 0) is 157 Å². The van der Waals surface area contributed by atoms with Crippen molar-refractivity contribution < 1.29 is 0 Å². The highest BCUT2D eigenvalue weighted by atomic mass is 32.2. The zero-order valence-corrected chi connectivity index (χ0v) is 33.6. The third-order valence-corrected chi connectivity index (χ3v) is 18.9. The number of rotatable bonds is 10. The first kappa shape index (κ1) is 35.2. The van der Waals surface area contributed by atoms with Crippen LogP contribution in [0.25, 0.3) is 0 Å². The van der Waals surface area contributed by atoms with Gasteiger partial charge in [-0.1, -0.05) is 86.6 Å². The van der Waals surface area contributed by atoms with Gasteiger partial charge in [0, 0.05) is 33.5 Å². The van der Waals surface area contributed by atoms with Crippen LogP contribution in [0.5, 0.6) is 0 Å². The number of benzene rings is 2. The molecule has 4 fully saturated rings. The summed E-state index contributed by atoms with van der Waals surface area (Å²) >= 11 is 8.45. The molecule has 4 bridgehead atoms. The summed E-state index contributed by atoms with van der Waals surface area (Å²) in [6.07, 6.45) is 8.31. The van der Waals surface area contributed by atoms with Gasteiger partial charge in [-0.25, -0.2) is 0 Å². The summed E-state index contributed by atoms with van der Waals surface area (Å²) in [5.41, 5.74) is 13.4. The monoisotopic (exact) mass is 690 g/mol. The van der Waals surface area contributed by atoms with E-state index < -0.39 is 0 Å². The first-order valence-corrected chi connectivity index (χ1v) is 21.9. The molecule has 6 atom stereocenters. The molecule has 4 aliphatic carbocycles. The van der Waals surface area contributed by atoms with E-state index in [1.807, 2.05) is 23.5 Å². The van der Waals surface area contributed by atoms with Gasteiger partial charge in [-0.3, -0.25) is 0 Å². The highest BCUT2D eigenvalue weighted by Crippen LogP contribution is 2.70. The predicted molar refractivity (Wildman–Crippen MR) is 211 cm³/mol. The van der Waals surface area contributed by atoms with E-state index >= 15 is 0 Å². The third-order valence-electron chi connectivity index (χ3n) is 14.1. The van der Waals surface area contributed by atoms with Crippen molar-refractivity contribution in [2.75, 3.05) is 11.5 Å². The van der Waals surface area contributed by atoms with Gasteiger partial charge in [-0.2, -0.15) is 23.5 Å². The van der Waals surface area contributed by atoms with Crippen LogP contribution in [-0.2, 0) is 11.5 Å². The molecule has 0 aromatic heterocycles. The van der Waals surface area contributed by atoms with Gasteiger partial charge in [0.25, 0.3) is 0 Å². The van der Waals surface area contributed by atoms with Crippen LogP contribution in [0.15, 0.2) is 24.3 Å². The number of fused-ring (bicyclic) bond motifs is 4. The Morgan fingerprint density at radius 1 is 0.587 bits per heavy atom. The first-order chi connectivity index (χ1) is 21.7. The summed E-state index contributed by atoms with van der Waals surface area (Å²) in [5.74, 6) is 6.54. The standard InChI is InChI=1S/C42H58S4/c1-27-17-29(3)35(30(4)18-27)23-43-25-41-13-11-33(39(41,7)8)21-37(41)45-15-16-46-38-22-34-12-14-42(38,40(34,9)10)26-44-24-36-31(5)19-28(2)20-32(36)6/h17-20,33-34,37-38H,11-14,21-26H2,1-10H3/t33-,34-,37-,38-,41-,42-/m1/s1. The van der Waals surface area contributed by atoms with Gasteiger partial charge in [-0.15, -0.1) is 0 Å². The van der Waals surface area contributed by atoms with Crippen molar-refractivity contribution >= 4 is 47.0 Å². The second-order valence-corrected chi connectivity index (χ2v) is 20.8. The highest BCUT2D eigenvalue weighted by Gasteiger charge is 2.65. The van der Waals surface area contributed by atoms with Crippen LogP contribution < -0.4 is 0 Å². The van der Waals surface area contributed by atoms with Gasteiger partial charge >= 0.3 is 0 Å². The van der Waals surface area contributed by atoms with E-state index in [2.05, 4.69) is 128 Å². The van der Waals surface area contributed by atoms with Crippen LogP contribution in [0.2, 0.25) is 0 Å². The minimum absolute atomic E-state index is 0.400. The molecule has 46 heavy (non-hydrogen) atoms. The average molecular weight is 691 g/mol. The Morgan fingerprint density at radius 3 is 1.26 bits per heavy atom. The molecule has 0 nitrogen and oxygen atoms in total. The summed E-state index contributed by atoms with van der Waals surface area (Å²) in [5, 5.41) is 8.85. The molecule has 0 heterocycles. The van der Waals surface area contributed by atoms with Crippen LogP contribution in [-0.4, -0.2) is 22.0 Å². The Kier molecular flexibility index (Phi) is 10.2. The van der Waals surface area contributed by atoms with Crippen molar-refractivity contribution in [3.63, 3.8) is 0 Å². The largest absolute Gasteiger partial charge is 0.157 e. The summed E-state index contributed by atoms with van der Waals surface area (Å²) < 4.78 is 0. The van der Waals surface area contributed by atoms with Crippen molar-refractivity contribution in [2.45, 2.75) is 130 Å². The van der Waals surface area contributed by atoms with Gasteiger partial charge in [0.05, 0.1) is 0 Å². The number of aryl methyl sites for hydroxylation is 6. The molecule has 0 aliphatic heterocycles. The van der Waals surface area contributed by atoms with Crippen molar-refractivity contribution in [3.05, 3.63) is 68.8 Å². The number of hydrogen-bond acceptors (Lipinski definition) is 4. The lowest BCUT2D eigenvalue weighted by Crippen LogP contribution is -2.39. The van der Waals surface area contributed by atoms with Crippen LogP contribution >= 0.6 is 47.0 Å². The minimum Gasteiger partial charge on any atom is -0.157 e. The Hall–Kier alpha value is -0.600. The minimum atomic E-state index is 0.400. The third kappa shape index (κ3) is 5.96. The Bertz CT molecular complexity index is 1370. The lowest BCUT2D eigenvalue weighted by Gasteiger charge is -2.42. The predicted octanol–water partition coefficient (Wildman–Crippen LogP) is 12.5. The van der Waals surface area contributed by atoms with Crippen LogP contribution in [0.1, 0.15) is 111 Å². The second-order valence-electron chi connectivity index (χ2n) is 16.9. The fourth-order valence-electron chi connectivity index (χ4n) is 10.7. The van der Waals surface area contributed by atoms with E-state index in [-0.39, 0.29) is 0 Å². The molecule has 4 saturated carbocycles. The summed E-state index contributed by atoms with van der Waals surface area (Å²) in [7, 11) is 0. The molecular weight excluding hydrogens is 633 g/mol. The first-order valence-electron chi connectivity index (χ1n) is 17.8. The van der Waals surface area contributed by atoms with Gasteiger partial charge < -0.3 is 0 Å². The van der Waals surface area contributed by atoms with Crippen LogP contribution in [0.3, 0.4) is 0 Å². The molecule has 0 spiro atoms. The molecule has 0 N–H and O–H groups in total. The molecule has 6 rings (SSSR count). The van der Waals surface area contributed by atoms with Gasteiger partial charge in [0.15, 0.2) is 0 Å². The average Bonchev–Trinajstić information content (AvgIpc) is 3.53. The van der Waals surface area contributed by atoms with E-state index in [9.17, 15) is 0 Å². The summed E-state index contributed by atoms with van der Waals surface area (Å²) in [6, 6.07) is 9.46. The Labute approximate surface area is 299 Å². The van der Waals surface area contributed by atoms with Crippen molar-refractivity contribution in [1.29, 1.82) is 0 Å². The molecule has 4 aliphatic rings. The maximum atomic E-state index is 3.75. The topological polar surface area (TPSA) is 0 Å². The summed E-state index contributed by atoms with van der Waals surface area (Å²) in [4.78, 5) is 0. The lowest BCUT2D eigenvalue weighted by atomic mass is 9.70. The van der Waals surface area contributed by atoms with Crippen LogP contribution in [0.4, 0.5) is 0 Å². The van der Waals surface area contributed by atoms with E-state index in [0.717, 1.165) is 23.3 Å². The van der Waals surface area contributed by atoms with Crippen LogP contribution in [0, 0.1) is 85.5 Å². The zero-order chi connectivity index (χ0) is 33.1. The maximum absolute atomic E-state index is 3.75. The fraction of sp³-hybridized carbons (Fsp3) is 0.667. The molecule has 0 unspecified atom stereocenters. The quantitative estimate of drug-likeness (QED) is 0.227. The molecule has 250 valence electrons. The molecule has 4 heteroatoms. The van der Waals surface area contributed by atoms with Crippen molar-refractivity contribution in [1.82, 2.24) is 0 Å². The van der Waals surface area contributed by atoms with E-state index in [4.69, 9.17) is 0 Å². The molecule has 0 saturated heterocycles. The molecule has 2 aromatic carbocycles. The van der Waals surface area contributed by atoms with E-state index in [1.54, 1.807) is 11.1 Å². The van der Waals surface area contributed by atoms with Crippen molar-refractivity contribution in [2.24, 2.45) is 33.5 Å². The smallest absolute Gasteiger partial charge is 0.0243 e. The van der Waals surface area contributed by atoms with Gasteiger partial charge in [0.1, 0.15) is 0 Å².